The lowest BCUT2D eigenvalue weighted by Gasteiger charge is -2.31. The van der Waals surface area contributed by atoms with Gasteiger partial charge in [0.05, 0.1) is 22.3 Å². The van der Waals surface area contributed by atoms with Crippen molar-refractivity contribution in [2.45, 2.75) is 24.9 Å². The molecule has 2 aromatic heterocycles. The van der Waals surface area contributed by atoms with Crippen LogP contribution in [-0.4, -0.2) is 57.6 Å². The minimum atomic E-state index is -4.73. The second kappa shape index (κ2) is 8.51. The lowest BCUT2D eigenvalue weighted by molar-refractivity contribution is -0.136. The molecule has 4 rings (SSSR count). The molecule has 1 N–H and O–H groups in total. The number of nitrogens with zero attached hydrogens (tertiary/aromatic N) is 4. The van der Waals surface area contributed by atoms with Crippen molar-refractivity contribution in [3.8, 4) is 11.3 Å². The first kappa shape index (κ1) is 24.4. The molecule has 0 spiro atoms. The number of hydrogen-bond acceptors (Lipinski definition) is 3. The standard InChI is InChI=1S/C23H21F5N4O3/c1-30-18(31(2)21(34)35)11-15-9-14(10-16(19(15)30)23(26,27)28)17-4-3-13(12-29-17)20(33)32-7-5-22(24,25)6-8-32/h3-4,9-12H,5-8H2,1-2H3,(H,34,35). The number of piperidine rings is 1. The summed E-state index contributed by atoms with van der Waals surface area (Å²) in [5.74, 6) is -3.23. The number of fused-ring (bicyclic) bond motifs is 1. The number of hydrogen-bond donors (Lipinski definition) is 1. The molecule has 12 heteroatoms. The molecule has 1 aromatic carbocycles. The molecule has 1 aliphatic rings. The number of alkyl halides is 5. The molecule has 186 valence electrons. The Morgan fingerprint density at radius 2 is 1.77 bits per heavy atom. The molecule has 35 heavy (non-hydrogen) atoms. The molecule has 0 saturated carbocycles. The summed E-state index contributed by atoms with van der Waals surface area (Å²) in [6.07, 6.45) is -5.72. The lowest BCUT2D eigenvalue weighted by Crippen LogP contribution is -2.42. The van der Waals surface area contributed by atoms with Crippen LogP contribution in [0.5, 0.6) is 0 Å². The highest BCUT2D eigenvalue weighted by Gasteiger charge is 2.37. The number of aryl methyl sites for hydroxylation is 1. The summed E-state index contributed by atoms with van der Waals surface area (Å²) in [5, 5.41) is 9.41. The molecule has 1 saturated heterocycles. The number of halogens is 5. The number of carboxylic acid groups (broad SMARTS) is 1. The van der Waals surface area contributed by atoms with Crippen molar-refractivity contribution >= 4 is 28.7 Å². The summed E-state index contributed by atoms with van der Waals surface area (Å²) >= 11 is 0. The van der Waals surface area contributed by atoms with Gasteiger partial charge in [-0.3, -0.25) is 14.7 Å². The average Bonchev–Trinajstić information content (AvgIpc) is 3.13. The van der Waals surface area contributed by atoms with Gasteiger partial charge in [-0.2, -0.15) is 13.2 Å². The van der Waals surface area contributed by atoms with E-state index < -0.39 is 42.5 Å². The van der Waals surface area contributed by atoms with Crippen LogP contribution in [-0.2, 0) is 13.2 Å². The maximum atomic E-state index is 13.9. The van der Waals surface area contributed by atoms with Gasteiger partial charge in [0.1, 0.15) is 5.82 Å². The number of likely N-dealkylation sites (tertiary alicyclic amines) is 1. The molecular formula is C23H21F5N4O3. The molecule has 1 aliphatic heterocycles. The largest absolute Gasteiger partial charge is 0.465 e. The van der Waals surface area contributed by atoms with Crippen molar-refractivity contribution in [2.24, 2.45) is 7.05 Å². The van der Waals surface area contributed by atoms with Crippen molar-refractivity contribution in [1.82, 2.24) is 14.5 Å². The molecule has 0 unspecified atom stereocenters. The van der Waals surface area contributed by atoms with Crippen LogP contribution in [0.2, 0.25) is 0 Å². The molecule has 0 atom stereocenters. The van der Waals surface area contributed by atoms with E-state index in [2.05, 4.69) is 4.98 Å². The summed E-state index contributed by atoms with van der Waals surface area (Å²) in [5.41, 5.74) is -0.722. The number of aromatic nitrogens is 2. The molecule has 1 fully saturated rings. The number of carbonyl (C=O) groups is 2. The van der Waals surface area contributed by atoms with Crippen molar-refractivity contribution in [1.29, 1.82) is 0 Å². The van der Waals surface area contributed by atoms with Gasteiger partial charge >= 0.3 is 12.3 Å². The van der Waals surface area contributed by atoms with Crippen molar-refractivity contribution < 1.29 is 36.6 Å². The molecule has 0 aliphatic carbocycles. The third-order valence-corrected chi connectivity index (χ3v) is 6.13. The predicted octanol–water partition coefficient (Wildman–Crippen LogP) is 5.24. The summed E-state index contributed by atoms with van der Waals surface area (Å²) < 4.78 is 69.7. The van der Waals surface area contributed by atoms with E-state index in [4.69, 9.17) is 0 Å². The molecule has 0 radical (unpaired) electrons. The zero-order valence-electron chi connectivity index (χ0n) is 18.7. The van der Waals surface area contributed by atoms with E-state index in [1.54, 1.807) is 0 Å². The fourth-order valence-corrected chi connectivity index (χ4v) is 4.19. The third-order valence-electron chi connectivity index (χ3n) is 6.13. The van der Waals surface area contributed by atoms with Gasteiger partial charge in [-0.25, -0.2) is 13.6 Å². The topological polar surface area (TPSA) is 78.7 Å². The van der Waals surface area contributed by atoms with Crippen LogP contribution in [0.1, 0.15) is 28.8 Å². The minimum absolute atomic E-state index is 0.0520. The van der Waals surface area contributed by atoms with Gasteiger partial charge < -0.3 is 14.6 Å². The second-order valence-electron chi connectivity index (χ2n) is 8.44. The average molecular weight is 496 g/mol. The first-order valence-electron chi connectivity index (χ1n) is 10.6. The predicted molar refractivity (Wildman–Crippen MR) is 118 cm³/mol. The highest BCUT2D eigenvalue weighted by Crippen LogP contribution is 2.40. The molecule has 7 nitrogen and oxygen atoms in total. The van der Waals surface area contributed by atoms with Gasteiger partial charge in [-0.05, 0) is 30.3 Å². The first-order valence-corrected chi connectivity index (χ1v) is 10.6. The van der Waals surface area contributed by atoms with Crippen molar-refractivity contribution in [3.05, 3.63) is 47.7 Å². The fourth-order valence-electron chi connectivity index (χ4n) is 4.19. The number of carbonyl (C=O) groups excluding carboxylic acids is 1. The van der Waals surface area contributed by atoms with Crippen molar-refractivity contribution in [3.63, 3.8) is 0 Å². The lowest BCUT2D eigenvalue weighted by atomic mass is 10.0. The van der Waals surface area contributed by atoms with E-state index in [1.807, 2.05) is 0 Å². The molecule has 2 amide bonds. The summed E-state index contributed by atoms with van der Waals surface area (Å²) in [6.45, 7) is -0.194. The smallest absolute Gasteiger partial charge is 0.418 e. The van der Waals surface area contributed by atoms with E-state index in [9.17, 15) is 36.6 Å². The molecule has 3 heterocycles. The highest BCUT2D eigenvalue weighted by molar-refractivity contribution is 5.96. The Morgan fingerprint density at radius 1 is 1.11 bits per heavy atom. The molecular weight excluding hydrogens is 475 g/mol. The Labute approximate surface area is 196 Å². The van der Waals surface area contributed by atoms with Crippen LogP contribution in [0.3, 0.4) is 0 Å². The van der Waals surface area contributed by atoms with Crippen LogP contribution < -0.4 is 4.90 Å². The fraction of sp³-hybridized carbons (Fsp3) is 0.348. The van der Waals surface area contributed by atoms with Crippen LogP contribution in [0.4, 0.5) is 32.6 Å². The Kier molecular flexibility index (Phi) is 5.94. The van der Waals surface area contributed by atoms with Gasteiger partial charge in [0, 0.05) is 57.2 Å². The van der Waals surface area contributed by atoms with Crippen LogP contribution in [0, 0.1) is 0 Å². The molecule has 0 bridgehead atoms. The van der Waals surface area contributed by atoms with Gasteiger partial charge in [0.25, 0.3) is 11.8 Å². The Balaban J connectivity index is 1.70. The van der Waals surface area contributed by atoms with E-state index in [0.717, 1.165) is 15.5 Å². The third kappa shape index (κ3) is 4.64. The van der Waals surface area contributed by atoms with Gasteiger partial charge in [-0.1, -0.05) is 0 Å². The number of amides is 2. The SMILES string of the molecule is CN(C(=O)O)c1cc2cc(-c3ccc(C(=O)N4CCC(F)(F)CC4)cn3)cc(C(F)(F)F)c2n1C. The quantitative estimate of drug-likeness (QED) is 0.503. The zero-order chi connectivity index (χ0) is 25.7. The normalized spacial score (nSPS) is 15.9. The first-order chi connectivity index (χ1) is 16.3. The zero-order valence-corrected chi connectivity index (χ0v) is 18.7. The summed E-state index contributed by atoms with van der Waals surface area (Å²) in [4.78, 5) is 30.2. The molecule has 3 aromatic rings. The van der Waals surface area contributed by atoms with Gasteiger partial charge in [0.15, 0.2) is 0 Å². The number of benzene rings is 1. The van der Waals surface area contributed by atoms with Crippen LogP contribution in [0.25, 0.3) is 22.2 Å². The van der Waals surface area contributed by atoms with E-state index in [0.29, 0.717) is 0 Å². The number of rotatable bonds is 3. The number of pyridine rings is 1. The Bertz CT molecular complexity index is 1290. The van der Waals surface area contributed by atoms with E-state index in [-0.39, 0.29) is 46.6 Å². The van der Waals surface area contributed by atoms with E-state index >= 15 is 0 Å². The van der Waals surface area contributed by atoms with Gasteiger partial charge in [-0.15, -0.1) is 0 Å². The maximum Gasteiger partial charge on any atom is 0.418 e. The van der Waals surface area contributed by atoms with Crippen molar-refractivity contribution in [2.75, 3.05) is 25.0 Å². The maximum absolute atomic E-state index is 13.9. The second-order valence-corrected chi connectivity index (χ2v) is 8.44. The number of anilines is 1. The highest BCUT2D eigenvalue weighted by atomic mass is 19.4. The monoisotopic (exact) mass is 496 g/mol. The van der Waals surface area contributed by atoms with Crippen LogP contribution >= 0.6 is 0 Å². The Morgan fingerprint density at radius 3 is 2.31 bits per heavy atom. The van der Waals surface area contributed by atoms with Gasteiger partial charge in [0.2, 0.25) is 0 Å². The Hall–Kier alpha value is -3.70. The van der Waals surface area contributed by atoms with Crippen LogP contribution in [0.15, 0.2) is 36.5 Å². The summed E-state index contributed by atoms with van der Waals surface area (Å²) in [7, 11) is 2.58. The minimum Gasteiger partial charge on any atom is -0.465 e. The van der Waals surface area contributed by atoms with E-state index in [1.165, 1.54) is 49.5 Å². The summed E-state index contributed by atoms with van der Waals surface area (Å²) in [6, 6.07) is 6.50.